The summed E-state index contributed by atoms with van der Waals surface area (Å²) in [6.45, 7) is 1.73. The zero-order valence-electron chi connectivity index (χ0n) is 13.9. The summed E-state index contributed by atoms with van der Waals surface area (Å²) >= 11 is 0. The number of amides is 1. The second-order valence-corrected chi connectivity index (χ2v) is 5.11. The van der Waals surface area contributed by atoms with Crippen LogP contribution in [0, 0.1) is 0 Å². The normalized spacial score (nSPS) is 11.0. The maximum Gasteiger partial charge on any atom is 0.412 e. The lowest BCUT2D eigenvalue weighted by Crippen LogP contribution is -2.23. The SMILES string of the molecule is CNC(=O)Oc1c(Cc2ccccc2C(C)=NO)cccc1OC. The summed E-state index contributed by atoms with van der Waals surface area (Å²) in [5, 5.41) is 14.8. The predicted octanol–water partition coefficient (Wildman–Crippen LogP) is 3.20. The maximum atomic E-state index is 11.6. The molecule has 0 radical (unpaired) electrons. The molecule has 2 aromatic carbocycles. The summed E-state index contributed by atoms with van der Waals surface area (Å²) in [5.41, 5.74) is 3.08. The smallest absolute Gasteiger partial charge is 0.412 e. The van der Waals surface area contributed by atoms with Gasteiger partial charge in [-0.15, -0.1) is 0 Å². The number of carbonyl (C=O) groups is 1. The zero-order valence-corrected chi connectivity index (χ0v) is 13.9. The van der Waals surface area contributed by atoms with Gasteiger partial charge >= 0.3 is 6.09 Å². The Bertz CT molecular complexity index is 756. The first-order valence-electron chi connectivity index (χ1n) is 7.43. The quantitative estimate of drug-likeness (QED) is 0.502. The summed E-state index contributed by atoms with van der Waals surface area (Å²) in [6.07, 6.45) is -0.0748. The molecule has 0 aliphatic heterocycles. The molecule has 0 aliphatic carbocycles. The highest BCUT2D eigenvalue weighted by molar-refractivity contribution is 5.99. The minimum absolute atomic E-state index is 0.368. The number of methoxy groups -OCH3 is 1. The van der Waals surface area contributed by atoms with E-state index in [0.29, 0.717) is 23.6 Å². The molecule has 0 bridgehead atoms. The van der Waals surface area contributed by atoms with E-state index < -0.39 is 6.09 Å². The molecule has 0 unspecified atom stereocenters. The van der Waals surface area contributed by atoms with Crippen LogP contribution in [-0.4, -0.2) is 31.2 Å². The van der Waals surface area contributed by atoms with Gasteiger partial charge in [-0.3, -0.25) is 0 Å². The Kier molecular flexibility index (Phi) is 5.78. The van der Waals surface area contributed by atoms with E-state index in [2.05, 4.69) is 10.5 Å². The Morgan fingerprint density at radius 1 is 1.17 bits per heavy atom. The third kappa shape index (κ3) is 3.84. The maximum absolute atomic E-state index is 11.6. The van der Waals surface area contributed by atoms with Crippen molar-refractivity contribution in [2.45, 2.75) is 13.3 Å². The number of hydrogen-bond acceptors (Lipinski definition) is 5. The Balaban J connectivity index is 2.45. The first kappa shape index (κ1) is 17.3. The van der Waals surface area contributed by atoms with Crippen LogP contribution in [0.4, 0.5) is 4.79 Å². The van der Waals surface area contributed by atoms with Crippen LogP contribution in [0.5, 0.6) is 11.5 Å². The minimum Gasteiger partial charge on any atom is -0.493 e. The van der Waals surface area contributed by atoms with E-state index in [9.17, 15) is 4.79 Å². The summed E-state index contributed by atoms with van der Waals surface area (Å²) in [4.78, 5) is 11.6. The molecule has 0 saturated heterocycles. The van der Waals surface area contributed by atoms with Gasteiger partial charge in [0, 0.05) is 24.6 Å². The lowest BCUT2D eigenvalue weighted by molar-refractivity contribution is 0.200. The lowest BCUT2D eigenvalue weighted by Gasteiger charge is -2.15. The molecule has 0 saturated carbocycles. The van der Waals surface area contributed by atoms with Crippen LogP contribution < -0.4 is 14.8 Å². The van der Waals surface area contributed by atoms with Crippen LogP contribution in [-0.2, 0) is 6.42 Å². The third-order valence-electron chi connectivity index (χ3n) is 3.62. The van der Waals surface area contributed by atoms with Crippen LogP contribution in [0.15, 0.2) is 47.6 Å². The highest BCUT2D eigenvalue weighted by atomic mass is 16.6. The van der Waals surface area contributed by atoms with E-state index in [1.54, 1.807) is 13.0 Å². The molecule has 0 heterocycles. The minimum atomic E-state index is -0.567. The van der Waals surface area contributed by atoms with Gasteiger partial charge in [0.05, 0.1) is 12.8 Å². The Morgan fingerprint density at radius 2 is 1.88 bits per heavy atom. The molecule has 0 aromatic heterocycles. The number of benzene rings is 2. The van der Waals surface area contributed by atoms with Crippen molar-refractivity contribution < 1.29 is 19.5 Å². The molecule has 0 aliphatic rings. The Morgan fingerprint density at radius 3 is 2.54 bits per heavy atom. The molecule has 6 nitrogen and oxygen atoms in total. The molecular formula is C18H20N2O4. The van der Waals surface area contributed by atoms with Crippen LogP contribution >= 0.6 is 0 Å². The van der Waals surface area contributed by atoms with E-state index in [-0.39, 0.29) is 0 Å². The summed E-state index contributed by atoms with van der Waals surface area (Å²) in [7, 11) is 3.01. The van der Waals surface area contributed by atoms with Gasteiger partial charge in [-0.25, -0.2) is 4.79 Å². The van der Waals surface area contributed by atoms with Crippen molar-refractivity contribution in [2.75, 3.05) is 14.2 Å². The van der Waals surface area contributed by atoms with Gasteiger partial charge in [0.15, 0.2) is 11.5 Å². The number of carbonyl (C=O) groups excluding carboxylic acids is 1. The lowest BCUT2D eigenvalue weighted by atomic mass is 9.97. The van der Waals surface area contributed by atoms with E-state index in [1.165, 1.54) is 14.2 Å². The fraction of sp³-hybridized carbons (Fsp3) is 0.222. The molecule has 1 amide bonds. The van der Waals surface area contributed by atoms with Gasteiger partial charge in [-0.05, 0) is 18.6 Å². The highest BCUT2D eigenvalue weighted by Crippen LogP contribution is 2.33. The van der Waals surface area contributed by atoms with Crippen LogP contribution in [0.25, 0.3) is 0 Å². The monoisotopic (exact) mass is 328 g/mol. The second-order valence-electron chi connectivity index (χ2n) is 5.11. The van der Waals surface area contributed by atoms with Gasteiger partial charge in [0.25, 0.3) is 0 Å². The summed E-state index contributed by atoms with van der Waals surface area (Å²) < 4.78 is 10.7. The van der Waals surface area contributed by atoms with E-state index >= 15 is 0 Å². The number of ether oxygens (including phenoxy) is 2. The molecule has 0 spiro atoms. The van der Waals surface area contributed by atoms with Gasteiger partial charge in [0.1, 0.15) is 0 Å². The molecule has 0 atom stereocenters. The first-order chi connectivity index (χ1) is 11.6. The van der Waals surface area contributed by atoms with Crippen molar-refractivity contribution in [3.05, 3.63) is 59.2 Å². The topological polar surface area (TPSA) is 80.2 Å². The van der Waals surface area contributed by atoms with Crippen molar-refractivity contribution in [3.63, 3.8) is 0 Å². The molecule has 2 N–H and O–H groups in total. The van der Waals surface area contributed by atoms with Crippen molar-refractivity contribution in [3.8, 4) is 11.5 Å². The molecule has 6 heteroatoms. The van der Waals surface area contributed by atoms with E-state index in [1.807, 2.05) is 36.4 Å². The number of nitrogens with zero attached hydrogens (tertiary/aromatic N) is 1. The van der Waals surface area contributed by atoms with Crippen LogP contribution in [0.1, 0.15) is 23.6 Å². The van der Waals surface area contributed by atoms with Crippen molar-refractivity contribution in [1.82, 2.24) is 5.32 Å². The molecule has 126 valence electrons. The van der Waals surface area contributed by atoms with Gasteiger partial charge in [-0.1, -0.05) is 41.6 Å². The average Bonchev–Trinajstić information content (AvgIpc) is 2.62. The molecule has 2 aromatic rings. The van der Waals surface area contributed by atoms with Gasteiger partial charge < -0.3 is 20.0 Å². The Hall–Kier alpha value is -3.02. The Labute approximate surface area is 140 Å². The molecule has 0 fully saturated rings. The number of rotatable bonds is 5. The predicted molar refractivity (Wildman–Crippen MR) is 91.3 cm³/mol. The van der Waals surface area contributed by atoms with Crippen molar-refractivity contribution in [2.24, 2.45) is 5.16 Å². The number of oxime groups is 1. The summed E-state index contributed by atoms with van der Waals surface area (Å²) in [6, 6.07) is 13.0. The fourth-order valence-electron chi connectivity index (χ4n) is 2.41. The standard InChI is InChI=1S/C18H20N2O4/c1-12(20-22)15-9-5-4-7-13(15)11-14-8-6-10-16(23-3)17(14)24-18(21)19-2/h4-10,22H,11H2,1-3H3,(H,19,21). The number of hydrogen-bond donors (Lipinski definition) is 2. The molecular weight excluding hydrogens is 308 g/mol. The number of nitrogens with one attached hydrogen (secondary N) is 1. The van der Waals surface area contributed by atoms with E-state index in [0.717, 1.165) is 16.7 Å². The third-order valence-corrected chi connectivity index (χ3v) is 3.62. The first-order valence-corrected chi connectivity index (χ1v) is 7.43. The van der Waals surface area contributed by atoms with Gasteiger partial charge in [0.2, 0.25) is 0 Å². The molecule has 2 rings (SSSR count). The zero-order chi connectivity index (χ0) is 17.5. The summed E-state index contributed by atoms with van der Waals surface area (Å²) in [5.74, 6) is 0.842. The second kappa shape index (κ2) is 8.01. The largest absolute Gasteiger partial charge is 0.493 e. The number of para-hydroxylation sites is 1. The fourth-order valence-corrected chi connectivity index (χ4v) is 2.41. The van der Waals surface area contributed by atoms with Gasteiger partial charge in [-0.2, -0.15) is 0 Å². The highest BCUT2D eigenvalue weighted by Gasteiger charge is 2.16. The average molecular weight is 328 g/mol. The van der Waals surface area contributed by atoms with E-state index in [4.69, 9.17) is 14.7 Å². The van der Waals surface area contributed by atoms with Crippen molar-refractivity contribution in [1.29, 1.82) is 0 Å². The molecule has 24 heavy (non-hydrogen) atoms. The van der Waals surface area contributed by atoms with Crippen LogP contribution in [0.2, 0.25) is 0 Å². The van der Waals surface area contributed by atoms with Crippen molar-refractivity contribution >= 4 is 11.8 Å². The van der Waals surface area contributed by atoms with Crippen LogP contribution in [0.3, 0.4) is 0 Å².